The smallest absolute Gasteiger partial charge is 0.314 e. The molecule has 0 aromatic heterocycles. The fraction of sp³-hybridized carbons (Fsp3) is 1.00. The highest BCUT2D eigenvalue weighted by molar-refractivity contribution is 4.80. The molecule has 0 radical (unpaired) electrons. The number of nitrogens with one attached hydrogen (secondary N) is 1. The fourth-order valence-electron chi connectivity index (χ4n) is 2.63. The molecule has 1 aliphatic rings. The molecule has 2 atom stereocenters. The summed E-state index contributed by atoms with van der Waals surface area (Å²) in [6.07, 6.45) is -1.35. The molecule has 0 amide bonds. The number of hydrogen-bond acceptors (Lipinski definition) is 2. The highest BCUT2D eigenvalue weighted by Gasteiger charge is 2.28. The van der Waals surface area contributed by atoms with Gasteiger partial charge in [0.15, 0.2) is 0 Å². The van der Waals surface area contributed by atoms with Gasteiger partial charge in [-0.3, -0.25) is 0 Å². The second-order valence-corrected chi connectivity index (χ2v) is 5.31. The molecule has 0 spiro atoms. The van der Waals surface area contributed by atoms with Gasteiger partial charge in [0, 0.05) is 19.1 Å². The molecule has 2 unspecified atom stereocenters. The standard InChI is InChI=1S/C13H25F3N2/c1-3-8-18-9-4-5-12(10-18)11(2)17-7-6-13(14,15)16/h11-12,17H,3-10H2,1-2H3. The van der Waals surface area contributed by atoms with Crippen LogP contribution in [0.4, 0.5) is 13.2 Å². The van der Waals surface area contributed by atoms with Crippen LogP contribution in [-0.4, -0.2) is 43.3 Å². The number of rotatable bonds is 6. The highest BCUT2D eigenvalue weighted by Crippen LogP contribution is 2.21. The fourth-order valence-corrected chi connectivity index (χ4v) is 2.63. The first-order valence-corrected chi connectivity index (χ1v) is 6.95. The van der Waals surface area contributed by atoms with Crippen LogP contribution < -0.4 is 5.32 Å². The van der Waals surface area contributed by atoms with Crippen molar-refractivity contribution in [2.45, 2.75) is 51.7 Å². The molecular weight excluding hydrogens is 241 g/mol. The number of piperidine rings is 1. The van der Waals surface area contributed by atoms with E-state index in [2.05, 4.69) is 17.1 Å². The maximum Gasteiger partial charge on any atom is 0.390 e. The number of alkyl halides is 3. The minimum absolute atomic E-state index is 0.0367. The van der Waals surface area contributed by atoms with E-state index >= 15 is 0 Å². The van der Waals surface area contributed by atoms with Crippen molar-refractivity contribution in [3.8, 4) is 0 Å². The predicted octanol–water partition coefficient (Wildman–Crippen LogP) is 3.04. The summed E-state index contributed by atoms with van der Waals surface area (Å²) in [5.74, 6) is 0.485. The molecule has 5 heteroatoms. The molecule has 1 fully saturated rings. The zero-order valence-electron chi connectivity index (χ0n) is 11.4. The summed E-state index contributed by atoms with van der Waals surface area (Å²) in [6.45, 7) is 7.47. The second kappa shape index (κ2) is 7.34. The number of likely N-dealkylation sites (tertiary alicyclic amines) is 1. The van der Waals surface area contributed by atoms with Gasteiger partial charge < -0.3 is 10.2 Å². The number of halogens is 3. The molecule has 0 aliphatic carbocycles. The average Bonchev–Trinajstić information content (AvgIpc) is 2.28. The molecule has 0 aromatic carbocycles. The Bertz CT molecular complexity index is 229. The van der Waals surface area contributed by atoms with Crippen LogP contribution in [0, 0.1) is 5.92 Å². The van der Waals surface area contributed by atoms with Gasteiger partial charge in [0.05, 0.1) is 6.42 Å². The summed E-state index contributed by atoms with van der Waals surface area (Å²) in [5, 5.41) is 3.02. The van der Waals surface area contributed by atoms with E-state index in [1.165, 1.54) is 0 Å². The second-order valence-electron chi connectivity index (χ2n) is 5.31. The summed E-state index contributed by atoms with van der Waals surface area (Å²) < 4.78 is 36.2. The molecule has 1 aliphatic heterocycles. The van der Waals surface area contributed by atoms with Crippen molar-refractivity contribution >= 4 is 0 Å². The Kier molecular flexibility index (Phi) is 6.43. The van der Waals surface area contributed by atoms with Crippen molar-refractivity contribution < 1.29 is 13.2 Å². The van der Waals surface area contributed by atoms with Crippen LogP contribution in [0.2, 0.25) is 0 Å². The van der Waals surface area contributed by atoms with Crippen molar-refractivity contribution in [3.05, 3.63) is 0 Å². The van der Waals surface area contributed by atoms with Crippen molar-refractivity contribution in [3.63, 3.8) is 0 Å². The van der Waals surface area contributed by atoms with E-state index in [-0.39, 0.29) is 12.6 Å². The molecule has 0 aromatic rings. The summed E-state index contributed by atoms with van der Waals surface area (Å²) in [5.41, 5.74) is 0. The lowest BCUT2D eigenvalue weighted by Gasteiger charge is -2.36. The summed E-state index contributed by atoms with van der Waals surface area (Å²) >= 11 is 0. The molecule has 1 saturated heterocycles. The molecule has 18 heavy (non-hydrogen) atoms. The maximum atomic E-state index is 12.1. The monoisotopic (exact) mass is 266 g/mol. The highest BCUT2D eigenvalue weighted by atomic mass is 19.4. The number of nitrogens with zero attached hydrogens (tertiary/aromatic N) is 1. The predicted molar refractivity (Wildman–Crippen MR) is 67.6 cm³/mol. The van der Waals surface area contributed by atoms with Crippen LogP contribution in [0.3, 0.4) is 0 Å². The van der Waals surface area contributed by atoms with Gasteiger partial charge in [0.2, 0.25) is 0 Å². The molecule has 108 valence electrons. The zero-order chi connectivity index (χ0) is 13.6. The van der Waals surface area contributed by atoms with Crippen LogP contribution in [0.5, 0.6) is 0 Å². The topological polar surface area (TPSA) is 15.3 Å². The first kappa shape index (κ1) is 15.8. The van der Waals surface area contributed by atoms with Crippen molar-refractivity contribution in [1.82, 2.24) is 10.2 Å². The Morgan fingerprint density at radius 1 is 1.39 bits per heavy atom. The Morgan fingerprint density at radius 2 is 2.11 bits per heavy atom. The lowest BCUT2D eigenvalue weighted by Crippen LogP contribution is -2.45. The van der Waals surface area contributed by atoms with Gasteiger partial charge in [0.25, 0.3) is 0 Å². The van der Waals surface area contributed by atoms with Crippen molar-refractivity contribution in [2.24, 2.45) is 5.92 Å². The van der Waals surface area contributed by atoms with Crippen LogP contribution in [0.1, 0.15) is 39.5 Å². The Hall–Kier alpha value is -0.290. The van der Waals surface area contributed by atoms with Gasteiger partial charge in [-0.2, -0.15) is 13.2 Å². The van der Waals surface area contributed by atoms with E-state index in [1.807, 2.05) is 6.92 Å². The van der Waals surface area contributed by atoms with E-state index in [1.54, 1.807) is 0 Å². The Morgan fingerprint density at radius 3 is 2.72 bits per heavy atom. The van der Waals surface area contributed by atoms with E-state index < -0.39 is 12.6 Å². The third kappa shape index (κ3) is 6.05. The summed E-state index contributed by atoms with van der Waals surface area (Å²) in [4.78, 5) is 2.43. The minimum Gasteiger partial charge on any atom is -0.314 e. The lowest BCUT2D eigenvalue weighted by atomic mass is 9.91. The SMILES string of the molecule is CCCN1CCCC(C(C)NCCC(F)(F)F)C1. The molecule has 0 bridgehead atoms. The van der Waals surface area contributed by atoms with Gasteiger partial charge in [-0.1, -0.05) is 6.92 Å². The van der Waals surface area contributed by atoms with Crippen molar-refractivity contribution in [2.75, 3.05) is 26.2 Å². The van der Waals surface area contributed by atoms with Gasteiger partial charge in [0.1, 0.15) is 0 Å². The molecule has 1 N–H and O–H groups in total. The van der Waals surface area contributed by atoms with Gasteiger partial charge in [-0.25, -0.2) is 0 Å². The molecule has 1 rings (SSSR count). The average molecular weight is 266 g/mol. The third-order valence-electron chi connectivity index (χ3n) is 3.66. The van der Waals surface area contributed by atoms with Crippen LogP contribution in [-0.2, 0) is 0 Å². The lowest BCUT2D eigenvalue weighted by molar-refractivity contribution is -0.133. The molecular formula is C13H25F3N2. The van der Waals surface area contributed by atoms with E-state index in [0.717, 1.165) is 38.9 Å². The zero-order valence-corrected chi connectivity index (χ0v) is 11.4. The summed E-state index contributed by atoms with van der Waals surface area (Å²) in [6, 6.07) is 0.173. The normalized spacial score (nSPS) is 24.2. The minimum atomic E-state index is -4.05. The van der Waals surface area contributed by atoms with E-state index in [9.17, 15) is 13.2 Å². The van der Waals surface area contributed by atoms with E-state index in [4.69, 9.17) is 0 Å². The van der Waals surface area contributed by atoms with Gasteiger partial charge in [-0.15, -0.1) is 0 Å². The van der Waals surface area contributed by atoms with Crippen LogP contribution >= 0.6 is 0 Å². The first-order valence-electron chi connectivity index (χ1n) is 6.95. The van der Waals surface area contributed by atoms with Gasteiger partial charge in [-0.05, 0) is 45.2 Å². The molecule has 1 heterocycles. The first-order chi connectivity index (χ1) is 8.42. The van der Waals surface area contributed by atoms with Crippen LogP contribution in [0.15, 0.2) is 0 Å². The number of hydrogen-bond donors (Lipinski definition) is 1. The van der Waals surface area contributed by atoms with Crippen LogP contribution in [0.25, 0.3) is 0 Å². The quantitative estimate of drug-likeness (QED) is 0.795. The molecule has 0 saturated carbocycles. The Labute approximate surface area is 108 Å². The Balaban J connectivity index is 2.26. The van der Waals surface area contributed by atoms with E-state index in [0.29, 0.717) is 5.92 Å². The van der Waals surface area contributed by atoms with Gasteiger partial charge >= 0.3 is 6.18 Å². The molecule has 2 nitrogen and oxygen atoms in total. The largest absolute Gasteiger partial charge is 0.390 e. The third-order valence-corrected chi connectivity index (χ3v) is 3.66. The van der Waals surface area contributed by atoms with Crippen molar-refractivity contribution in [1.29, 1.82) is 0 Å². The maximum absolute atomic E-state index is 12.1. The summed E-state index contributed by atoms with van der Waals surface area (Å²) in [7, 11) is 0.